The Hall–Kier alpha value is -3.38. The maximum Gasteiger partial charge on any atom is 0.317 e. The fraction of sp³-hybridized carbons (Fsp3) is 0.545. The Bertz CT molecular complexity index is 876. The number of aromatic hydroxyl groups is 2. The third-order valence-electron chi connectivity index (χ3n) is 5.77. The van der Waals surface area contributed by atoms with Gasteiger partial charge in [-0.05, 0) is 37.0 Å². The van der Waals surface area contributed by atoms with Crippen LogP contribution < -0.4 is 5.32 Å². The van der Waals surface area contributed by atoms with Crippen molar-refractivity contribution in [3.63, 3.8) is 0 Å². The first kappa shape index (κ1) is 26.9. The van der Waals surface area contributed by atoms with E-state index in [1.807, 2.05) is 0 Å². The minimum Gasteiger partial charge on any atom is -0.504 e. The van der Waals surface area contributed by atoms with Crippen molar-refractivity contribution in [1.29, 1.82) is 0 Å². The van der Waals surface area contributed by atoms with Crippen LogP contribution in [0.2, 0.25) is 0 Å². The number of hydrogen-bond acceptors (Lipinski definition) is 8. The van der Waals surface area contributed by atoms with Crippen molar-refractivity contribution >= 4 is 23.8 Å². The van der Waals surface area contributed by atoms with Crippen molar-refractivity contribution in [1.82, 2.24) is 15.1 Å². The Balaban J connectivity index is 2.07. The molecular weight excluding hydrogens is 450 g/mol. The topological polar surface area (TPSA) is 188 Å². The van der Waals surface area contributed by atoms with E-state index in [0.717, 1.165) is 12.8 Å². The van der Waals surface area contributed by atoms with Gasteiger partial charge in [-0.3, -0.25) is 29.0 Å². The molecule has 0 bridgehead atoms. The number of carboxylic acids is 3. The summed E-state index contributed by atoms with van der Waals surface area (Å²) in [6.07, 6.45) is 2.86. The normalized spacial score (nSPS) is 18.1. The van der Waals surface area contributed by atoms with Gasteiger partial charge in [-0.2, -0.15) is 0 Å². The van der Waals surface area contributed by atoms with Gasteiger partial charge in [-0.25, -0.2) is 0 Å². The Labute approximate surface area is 196 Å². The van der Waals surface area contributed by atoms with Gasteiger partial charge in [0.1, 0.15) is 0 Å². The molecule has 1 aromatic rings. The average Bonchev–Trinajstić information content (AvgIpc) is 2.74. The highest BCUT2D eigenvalue weighted by molar-refractivity contribution is 5.79. The molecular formula is C22H31N3O9. The van der Waals surface area contributed by atoms with Crippen LogP contribution in [0.15, 0.2) is 18.2 Å². The zero-order valence-electron chi connectivity index (χ0n) is 18.7. The summed E-state index contributed by atoms with van der Waals surface area (Å²) in [4.78, 5) is 49.5. The van der Waals surface area contributed by atoms with Gasteiger partial charge in [-0.15, -0.1) is 0 Å². The molecule has 1 aliphatic rings. The Morgan fingerprint density at radius 2 is 1.29 bits per heavy atom. The third kappa shape index (κ3) is 8.52. The lowest BCUT2D eigenvalue weighted by atomic mass is 9.87. The van der Waals surface area contributed by atoms with Gasteiger partial charge < -0.3 is 30.8 Å². The SMILES string of the molecule is O=C(O)CN(CC(=O)O)[C@H]1CCCC[C@@H]1N(CC(=O)O)CC(=O)NCCc1ccc(O)c(O)c1. The highest BCUT2D eigenvalue weighted by Gasteiger charge is 2.37. The van der Waals surface area contributed by atoms with E-state index in [4.69, 9.17) is 0 Å². The molecule has 0 saturated heterocycles. The molecule has 1 fully saturated rings. The standard InChI is InChI=1S/C22H31N3O9/c26-17-6-5-14(9-18(17)27)7-8-23-19(28)10-24(11-20(29)30)15-3-1-2-4-16(15)25(12-21(31)32)13-22(33)34/h5-6,9,15-16,26-27H,1-4,7-8,10-13H2,(H,23,28)(H,29,30)(H,31,32)(H,33,34)/t15-,16-/m0/s1. The van der Waals surface area contributed by atoms with Crippen LogP contribution in [0, 0.1) is 0 Å². The number of carbonyl (C=O) groups is 4. The van der Waals surface area contributed by atoms with E-state index >= 15 is 0 Å². The highest BCUT2D eigenvalue weighted by atomic mass is 16.4. The first-order valence-electron chi connectivity index (χ1n) is 11.0. The molecule has 0 aromatic heterocycles. The Morgan fingerprint density at radius 3 is 1.76 bits per heavy atom. The monoisotopic (exact) mass is 481 g/mol. The number of hydrogen-bond donors (Lipinski definition) is 6. The summed E-state index contributed by atoms with van der Waals surface area (Å²) in [7, 11) is 0. The van der Waals surface area contributed by atoms with Crippen LogP contribution in [0.4, 0.5) is 0 Å². The first-order chi connectivity index (χ1) is 16.1. The van der Waals surface area contributed by atoms with Crippen LogP contribution in [0.25, 0.3) is 0 Å². The molecule has 12 heteroatoms. The Morgan fingerprint density at radius 1 is 0.794 bits per heavy atom. The van der Waals surface area contributed by atoms with Gasteiger partial charge in [0, 0.05) is 18.6 Å². The van der Waals surface area contributed by atoms with Crippen molar-refractivity contribution in [2.24, 2.45) is 0 Å². The molecule has 12 nitrogen and oxygen atoms in total. The van der Waals surface area contributed by atoms with Gasteiger partial charge in [0.05, 0.1) is 26.2 Å². The molecule has 188 valence electrons. The molecule has 1 aliphatic carbocycles. The molecule has 34 heavy (non-hydrogen) atoms. The van der Waals surface area contributed by atoms with Crippen molar-refractivity contribution in [2.45, 2.75) is 44.2 Å². The van der Waals surface area contributed by atoms with Crippen LogP contribution in [-0.2, 0) is 25.6 Å². The molecule has 1 amide bonds. The lowest BCUT2D eigenvalue weighted by Gasteiger charge is -2.43. The van der Waals surface area contributed by atoms with E-state index in [0.29, 0.717) is 24.8 Å². The number of nitrogens with zero attached hydrogens (tertiary/aromatic N) is 2. The highest BCUT2D eigenvalue weighted by Crippen LogP contribution is 2.28. The van der Waals surface area contributed by atoms with E-state index in [1.165, 1.54) is 21.9 Å². The van der Waals surface area contributed by atoms with Crippen LogP contribution >= 0.6 is 0 Å². The molecule has 2 rings (SSSR count). The predicted octanol–water partition coefficient (Wildman–Crippen LogP) is -0.0745. The Kier molecular flexibility index (Phi) is 10.1. The van der Waals surface area contributed by atoms with E-state index in [-0.39, 0.29) is 24.6 Å². The van der Waals surface area contributed by atoms with Crippen molar-refractivity contribution in [3.05, 3.63) is 23.8 Å². The van der Waals surface area contributed by atoms with Crippen molar-refractivity contribution in [2.75, 3.05) is 32.7 Å². The van der Waals surface area contributed by atoms with Crippen molar-refractivity contribution in [3.8, 4) is 11.5 Å². The molecule has 0 unspecified atom stereocenters. The maximum absolute atomic E-state index is 12.6. The zero-order chi connectivity index (χ0) is 25.3. The molecule has 2 atom stereocenters. The molecule has 1 saturated carbocycles. The number of phenolic OH excluding ortho intramolecular Hbond substituents is 2. The van der Waals surface area contributed by atoms with Crippen LogP contribution in [0.5, 0.6) is 11.5 Å². The second-order valence-corrected chi connectivity index (χ2v) is 8.33. The number of amides is 1. The molecule has 0 aliphatic heterocycles. The summed E-state index contributed by atoms with van der Waals surface area (Å²) in [5.41, 5.74) is 0.684. The fourth-order valence-electron chi connectivity index (χ4n) is 4.36. The molecule has 0 radical (unpaired) electrons. The van der Waals surface area contributed by atoms with E-state index < -0.39 is 55.5 Å². The molecule has 6 N–H and O–H groups in total. The van der Waals surface area contributed by atoms with Gasteiger partial charge >= 0.3 is 17.9 Å². The van der Waals surface area contributed by atoms with E-state index in [1.54, 1.807) is 6.07 Å². The number of phenols is 2. The number of carboxylic acid groups (broad SMARTS) is 3. The second kappa shape index (κ2) is 12.8. The maximum atomic E-state index is 12.6. The number of aliphatic carboxylic acids is 3. The summed E-state index contributed by atoms with van der Waals surface area (Å²) in [5.74, 6) is -4.48. The van der Waals surface area contributed by atoms with Crippen LogP contribution in [0.3, 0.4) is 0 Å². The average molecular weight is 482 g/mol. The summed E-state index contributed by atoms with van der Waals surface area (Å²) >= 11 is 0. The summed E-state index contributed by atoms with van der Waals surface area (Å²) in [5, 5.41) is 49.5. The van der Waals surface area contributed by atoms with Gasteiger partial charge in [0.25, 0.3) is 0 Å². The zero-order valence-corrected chi connectivity index (χ0v) is 18.7. The molecule has 1 aromatic carbocycles. The largest absolute Gasteiger partial charge is 0.504 e. The van der Waals surface area contributed by atoms with Gasteiger partial charge in [0.2, 0.25) is 5.91 Å². The lowest BCUT2D eigenvalue weighted by molar-refractivity contribution is -0.147. The van der Waals surface area contributed by atoms with Gasteiger partial charge in [-0.1, -0.05) is 18.9 Å². The number of nitrogens with one attached hydrogen (secondary N) is 1. The number of benzene rings is 1. The lowest BCUT2D eigenvalue weighted by Crippen LogP contribution is -2.58. The molecule has 0 heterocycles. The summed E-state index contributed by atoms with van der Waals surface area (Å²) < 4.78 is 0. The smallest absolute Gasteiger partial charge is 0.317 e. The minimum absolute atomic E-state index is 0.211. The van der Waals surface area contributed by atoms with Crippen LogP contribution in [0.1, 0.15) is 31.2 Å². The van der Waals surface area contributed by atoms with Crippen LogP contribution in [-0.4, -0.2) is 104 Å². The first-order valence-corrected chi connectivity index (χ1v) is 11.0. The second-order valence-electron chi connectivity index (χ2n) is 8.33. The fourth-order valence-corrected chi connectivity index (χ4v) is 4.36. The third-order valence-corrected chi connectivity index (χ3v) is 5.77. The number of rotatable bonds is 13. The van der Waals surface area contributed by atoms with Crippen molar-refractivity contribution < 1.29 is 44.7 Å². The summed E-state index contributed by atoms with van der Waals surface area (Å²) in [6, 6.07) is 3.30. The minimum atomic E-state index is -1.19. The quantitative estimate of drug-likeness (QED) is 0.207. The number of carbonyl (C=O) groups excluding carboxylic acids is 1. The molecule has 0 spiro atoms. The van der Waals surface area contributed by atoms with Gasteiger partial charge in [0.15, 0.2) is 11.5 Å². The summed E-state index contributed by atoms with van der Waals surface area (Å²) in [6.45, 7) is -1.49. The van der Waals surface area contributed by atoms with E-state index in [9.17, 15) is 44.7 Å². The predicted molar refractivity (Wildman–Crippen MR) is 119 cm³/mol. The van der Waals surface area contributed by atoms with E-state index in [2.05, 4.69) is 5.32 Å².